The molecule has 0 saturated heterocycles. The average Bonchev–Trinajstić information content (AvgIpc) is 2.43. The third-order valence-corrected chi connectivity index (χ3v) is 3.10. The fourth-order valence-electron chi connectivity index (χ4n) is 1.54. The SMILES string of the molecule is CCC(C)C(O)CNC(=O)c1cccc(OC)c1. The predicted octanol–water partition coefficient (Wildman–Crippen LogP) is 1.83. The van der Waals surface area contributed by atoms with E-state index in [0.29, 0.717) is 11.3 Å². The van der Waals surface area contributed by atoms with Crippen LogP contribution >= 0.6 is 0 Å². The Balaban J connectivity index is 2.54. The molecule has 0 saturated carbocycles. The summed E-state index contributed by atoms with van der Waals surface area (Å²) in [5.41, 5.74) is 0.533. The van der Waals surface area contributed by atoms with E-state index >= 15 is 0 Å². The van der Waals surface area contributed by atoms with Gasteiger partial charge < -0.3 is 15.2 Å². The summed E-state index contributed by atoms with van der Waals surface area (Å²) in [6.07, 6.45) is 0.375. The summed E-state index contributed by atoms with van der Waals surface area (Å²) in [5.74, 6) is 0.622. The molecule has 2 unspecified atom stereocenters. The van der Waals surface area contributed by atoms with Crippen molar-refractivity contribution in [3.05, 3.63) is 29.8 Å². The van der Waals surface area contributed by atoms with Gasteiger partial charge in [-0.1, -0.05) is 26.3 Å². The zero-order chi connectivity index (χ0) is 13.5. The van der Waals surface area contributed by atoms with Crippen LogP contribution < -0.4 is 10.1 Å². The number of ether oxygens (including phenoxy) is 1. The molecular formula is C14H21NO3. The quantitative estimate of drug-likeness (QED) is 0.811. The summed E-state index contributed by atoms with van der Waals surface area (Å²) in [6.45, 7) is 4.24. The summed E-state index contributed by atoms with van der Waals surface area (Å²) < 4.78 is 5.06. The van der Waals surface area contributed by atoms with E-state index < -0.39 is 6.10 Å². The van der Waals surface area contributed by atoms with Crippen LogP contribution in [0.3, 0.4) is 0 Å². The van der Waals surface area contributed by atoms with E-state index in [2.05, 4.69) is 5.32 Å². The van der Waals surface area contributed by atoms with Gasteiger partial charge in [-0.05, 0) is 24.1 Å². The number of aliphatic hydroxyl groups is 1. The molecule has 4 heteroatoms. The number of rotatable bonds is 6. The van der Waals surface area contributed by atoms with E-state index in [1.807, 2.05) is 13.8 Å². The summed E-state index contributed by atoms with van der Waals surface area (Å²) in [7, 11) is 1.56. The van der Waals surface area contributed by atoms with E-state index in [1.165, 1.54) is 0 Å². The van der Waals surface area contributed by atoms with Crippen molar-refractivity contribution in [2.45, 2.75) is 26.4 Å². The molecule has 0 heterocycles. The van der Waals surface area contributed by atoms with E-state index in [1.54, 1.807) is 31.4 Å². The first kappa shape index (κ1) is 14.5. The summed E-state index contributed by atoms with van der Waals surface area (Å²) in [6, 6.07) is 6.93. The lowest BCUT2D eigenvalue weighted by atomic mass is 10.0. The molecule has 0 aliphatic rings. The molecule has 1 aromatic rings. The zero-order valence-corrected chi connectivity index (χ0v) is 11.1. The number of hydrogen-bond acceptors (Lipinski definition) is 3. The second-order valence-electron chi connectivity index (χ2n) is 4.39. The van der Waals surface area contributed by atoms with Crippen molar-refractivity contribution in [1.29, 1.82) is 0 Å². The molecule has 1 rings (SSSR count). The Morgan fingerprint density at radius 2 is 2.22 bits per heavy atom. The number of benzene rings is 1. The fourth-order valence-corrected chi connectivity index (χ4v) is 1.54. The lowest BCUT2D eigenvalue weighted by Gasteiger charge is -2.17. The lowest BCUT2D eigenvalue weighted by molar-refractivity contribution is 0.0850. The maximum atomic E-state index is 11.9. The van der Waals surface area contributed by atoms with Crippen molar-refractivity contribution in [3.63, 3.8) is 0 Å². The van der Waals surface area contributed by atoms with Gasteiger partial charge in [0, 0.05) is 12.1 Å². The largest absolute Gasteiger partial charge is 0.497 e. The topological polar surface area (TPSA) is 58.6 Å². The molecule has 0 radical (unpaired) electrons. The molecule has 0 aliphatic carbocycles. The predicted molar refractivity (Wildman–Crippen MR) is 70.8 cm³/mol. The molecule has 0 aliphatic heterocycles. The van der Waals surface area contributed by atoms with Crippen molar-refractivity contribution >= 4 is 5.91 Å². The second kappa shape index (κ2) is 7.01. The van der Waals surface area contributed by atoms with Crippen LogP contribution in [0.2, 0.25) is 0 Å². The standard InChI is InChI=1S/C14H21NO3/c1-4-10(2)13(16)9-15-14(17)11-6-5-7-12(8-11)18-3/h5-8,10,13,16H,4,9H2,1-3H3,(H,15,17). The Hall–Kier alpha value is -1.55. The summed E-state index contributed by atoms with van der Waals surface area (Å²) in [4.78, 5) is 11.9. The van der Waals surface area contributed by atoms with Gasteiger partial charge in [0.1, 0.15) is 5.75 Å². The molecule has 0 bridgehead atoms. The van der Waals surface area contributed by atoms with E-state index in [4.69, 9.17) is 4.74 Å². The van der Waals surface area contributed by atoms with Crippen molar-refractivity contribution in [3.8, 4) is 5.75 Å². The minimum atomic E-state index is -0.510. The molecule has 0 fully saturated rings. The molecule has 18 heavy (non-hydrogen) atoms. The molecule has 2 atom stereocenters. The minimum absolute atomic E-state index is 0.176. The first-order chi connectivity index (χ1) is 8.58. The van der Waals surface area contributed by atoms with Crippen molar-refractivity contribution in [2.75, 3.05) is 13.7 Å². The van der Waals surface area contributed by atoms with Gasteiger partial charge in [-0.25, -0.2) is 0 Å². The highest BCUT2D eigenvalue weighted by molar-refractivity contribution is 5.94. The number of methoxy groups -OCH3 is 1. The molecule has 1 amide bonds. The van der Waals surface area contributed by atoms with E-state index in [9.17, 15) is 9.90 Å². The van der Waals surface area contributed by atoms with E-state index in [-0.39, 0.29) is 18.4 Å². The van der Waals surface area contributed by atoms with Gasteiger partial charge in [-0.2, -0.15) is 0 Å². The zero-order valence-electron chi connectivity index (χ0n) is 11.1. The summed E-state index contributed by atoms with van der Waals surface area (Å²) >= 11 is 0. The van der Waals surface area contributed by atoms with Crippen LogP contribution in [0.25, 0.3) is 0 Å². The van der Waals surface area contributed by atoms with Crippen LogP contribution in [0.15, 0.2) is 24.3 Å². The molecule has 4 nitrogen and oxygen atoms in total. The smallest absolute Gasteiger partial charge is 0.251 e. The Kier molecular flexibility index (Phi) is 5.65. The number of aliphatic hydroxyl groups excluding tert-OH is 1. The fraction of sp³-hybridized carbons (Fsp3) is 0.500. The van der Waals surface area contributed by atoms with E-state index in [0.717, 1.165) is 6.42 Å². The van der Waals surface area contributed by atoms with Crippen LogP contribution in [0.5, 0.6) is 5.75 Å². The summed E-state index contributed by atoms with van der Waals surface area (Å²) in [5, 5.41) is 12.5. The van der Waals surface area contributed by atoms with Gasteiger partial charge >= 0.3 is 0 Å². The molecule has 0 spiro atoms. The van der Waals surface area contributed by atoms with Gasteiger partial charge in [0.25, 0.3) is 5.91 Å². The van der Waals surface area contributed by atoms with Gasteiger partial charge in [0.05, 0.1) is 13.2 Å². The van der Waals surface area contributed by atoms with Crippen LogP contribution in [-0.2, 0) is 0 Å². The maximum absolute atomic E-state index is 11.9. The Morgan fingerprint density at radius 1 is 1.50 bits per heavy atom. The highest BCUT2D eigenvalue weighted by Crippen LogP contribution is 2.12. The highest BCUT2D eigenvalue weighted by Gasteiger charge is 2.14. The van der Waals surface area contributed by atoms with Crippen molar-refractivity contribution in [2.24, 2.45) is 5.92 Å². The third kappa shape index (κ3) is 4.04. The first-order valence-corrected chi connectivity index (χ1v) is 6.18. The number of carbonyl (C=O) groups excluding carboxylic acids is 1. The van der Waals surface area contributed by atoms with Gasteiger partial charge in [0.15, 0.2) is 0 Å². The Labute approximate surface area is 108 Å². The normalized spacial score (nSPS) is 13.8. The Bertz CT molecular complexity index is 392. The molecule has 2 N–H and O–H groups in total. The minimum Gasteiger partial charge on any atom is -0.497 e. The number of amides is 1. The molecular weight excluding hydrogens is 230 g/mol. The lowest BCUT2D eigenvalue weighted by Crippen LogP contribution is -2.35. The van der Waals surface area contributed by atoms with Crippen LogP contribution in [-0.4, -0.2) is 30.8 Å². The Morgan fingerprint density at radius 3 is 2.83 bits per heavy atom. The number of hydrogen-bond donors (Lipinski definition) is 2. The number of carbonyl (C=O) groups is 1. The maximum Gasteiger partial charge on any atom is 0.251 e. The highest BCUT2D eigenvalue weighted by atomic mass is 16.5. The first-order valence-electron chi connectivity index (χ1n) is 6.18. The van der Waals surface area contributed by atoms with Crippen molar-refractivity contribution in [1.82, 2.24) is 5.32 Å². The van der Waals surface area contributed by atoms with Crippen LogP contribution in [0.1, 0.15) is 30.6 Å². The van der Waals surface area contributed by atoms with Crippen molar-refractivity contribution < 1.29 is 14.6 Å². The average molecular weight is 251 g/mol. The second-order valence-corrected chi connectivity index (χ2v) is 4.39. The van der Waals surface area contributed by atoms with Crippen LogP contribution in [0.4, 0.5) is 0 Å². The third-order valence-electron chi connectivity index (χ3n) is 3.10. The molecule has 1 aromatic carbocycles. The van der Waals surface area contributed by atoms with Gasteiger partial charge in [0.2, 0.25) is 0 Å². The van der Waals surface area contributed by atoms with Crippen LogP contribution in [0, 0.1) is 5.92 Å². The molecule has 0 aromatic heterocycles. The van der Waals surface area contributed by atoms with Gasteiger partial charge in [-0.15, -0.1) is 0 Å². The number of nitrogens with one attached hydrogen (secondary N) is 1. The van der Waals surface area contributed by atoms with Gasteiger partial charge in [-0.3, -0.25) is 4.79 Å². The molecule has 100 valence electrons. The monoisotopic (exact) mass is 251 g/mol.